The zero-order valence-corrected chi connectivity index (χ0v) is 20.3. The summed E-state index contributed by atoms with van der Waals surface area (Å²) in [6, 6.07) is 38.1. The van der Waals surface area contributed by atoms with Crippen molar-refractivity contribution in [2.75, 3.05) is 12.4 Å². The normalized spacial score (nSPS) is 10.9. The van der Waals surface area contributed by atoms with E-state index in [0.717, 1.165) is 16.7 Å². The van der Waals surface area contributed by atoms with E-state index < -0.39 is 5.54 Å². The van der Waals surface area contributed by atoms with Gasteiger partial charge < -0.3 is 15.4 Å². The van der Waals surface area contributed by atoms with Gasteiger partial charge >= 0.3 is 0 Å². The lowest BCUT2D eigenvalue weighted by atomic mass is 9.77. The number of benzene rings is 3. The van der Waals surface area contributed by atoms with Gasteiger partial charge in [0.15, 0.2) is 0 Å². The Morgan fingerprint density at radius 2 is 1.27 bits per heavy atom. The number of rotatable bonds is 8. The second-order valence-corrected chi connectivity index (χ2v) is 8.41. The van der Waals surface area contributed by atoms with Gasteiger partial charge in [0.1, 0.15) is 28.5 Å². The van der Waals surface area contributed by atoms with Gasteiger partial charge in [0.25, 0.3) is 5.91 Å². The molecule has 5 aromatic rings. The average molecular weight is 487 g/mol. The monoisotopic (exact) mass is 486 g/mol. The number of carbonyl (C=O) groups excluding carboxylic acids is 1. The van der Waals surface area contributed by atoms with Crippen molar-refractivity contribution in [1.82, 2.24) is 15.3 Å². The molecule has 0 radical (unpaired) electrons. The van der Waals surface area contributed by atoms with E-state index >= 15 is 0 Å². The fraction of sp³-hybridized carbons (Fsp3) is 0.0645. The molecule has 6 nitrogen and oxygen atoms in total. The number of ether oxygens (including phenoxy) is 1. The lowest BCUT2D eigenvalue weighted by Gasteiger charge is -2.37. The van der Waals surface area contributed by atoms with Crippen LogP contribution in [0.25, 0.3) is 0 Å². The molecule has 0 unspecified atom stereocenters. The first-order valence-electron chi connectivity index (χ1n) is 12.0. The summed E-state index contributed by atoms with van der Waals surface area (Å²) < 4.78 is 5.94. The van der Waals surface area contributed by atoms with E-state index in [-0.39, 0.29) is 11.6 Å². The Morgan fingerprint density at radius 3 is 1.76 bits per heavy atom. The third kappa shape index (κ3) is 5.04. The van der Waals surface area contributed by atoms with Crippen molar-refractivity contribution in [2.45, 2.75) is 5.54 Å². The summed E-state index contributed by atoms with van der Waals surface area (Å²) in [5, 5.41) is 6.30. The number of hydrogen-bond acceptors (Lipinski definition) is 5. The number of pyridine rings is 2. The molecule has 37 heavy (non-hydrogen) atoms. The predicted octanol–water partition coefficient (Wildman–Crippen LogP) is 6.03. The largest absolute Gasteiger partial charge is 0.456 e. The first-order chi connectivity index (χ1) is 18.2. The van der Waals surface area contributed by atoms with Gasteiger partial charge in [-0.3, -0.25) is 9.78 Å². The van der Waals surface area contributed by atoms with Crippen molar-refractivity contribution in [2.24, 2.45) is 0 Å². The van der Waals surface area contributed by atoms with Gasteiger partial charge in [-0.15, -0.1) is 0 Å². The summed E-state index contributed by atoms with van der Waals surface area (Å²) in [5.41, 5.74) is 2.88. The van der Waals surface area contributed by atoms with E-state index in [1.165, 1.54) is 6.20 Å². The maximum absolute atomic E-state index is 11.9. The van der Waals surface area contributed by atoms with Crippen LogP contribution in [0.15, 0.2) is 128 Å². The molecule has 0 spiro atoms. The van der Waals surface area contributed by atoms with E-state index in [1.807, 2.05) is 66.7 Å². The molecule has 2 aromatic heterocycles. The van der Waals surface area contributed by atoms with Crippen LogP contribution < -0.4 is 15.4 Å². The quantitative estimate of drug-likeness (QED) is 0.262. The van der Waals surface area contributed by atoms with Gasteiger partial charge in [-0.25, -0.2) is 4.98 Å². The third-order valence-corrected chi connectivity index (χ3v) is 6.10. The van der Waals surface area contributed by atoms with Gasteiger partial charge in [-0.1, -0.05) is 91.0 Å². The average Bonchev–Trinajstić information content (AvgIpc) is 2.98. The lowest BCUT2D eigenvalue weighted by molar-refractivity contribution is 0.0958. The van der Waals surface area contributed by atoms with Gasteiger partial charge in [0.2, 0.25) is 0 Å². The number of hydrogen-bond donors (Lipinski definition) is 2. The molecule has 182 valence electrons. The molecule has 0 aliphatic heterocycles. The van der Waals surface area contributed by atoms with Crippen molar-refractivity contribution in [3.05, 3.63) is 150 Å². The predicted molar refractivity (Wildman–Crippen MR) is 145 cm³/mol. The van der Waals surface area contributed by atoms with E-state index in [4.69, 9.17) is 4.74 Å². The Morgan fingerprint density at radius 1 is 0.703 bits per heavy atom. The number of anilines is 1. The number of nitrogens with zero attached hydrogens (tertiary/aromatic N) is 2. The summed E-state index contributed by atoms with van der Waals surface area (Å²) in [4.78, 5) is 20.7. The molecule has 6 heteroatoms. The van der Waals surface area contributed by atoms with Crippen LogP contribution in [-0.2, 0) is 5.54 Å². The SMILES string of the molecule is CNC(=O)c1cc(Oc2ccc(NC(c3ccccc3)(c3ccccc3)c3ccccc3)nc2)ccn1. The van der Waals surface area contributed by atoms with Crippen molar-refractivity contribution in [1.29, 1.82) is 0 Å². The lowest BCUT2D eigenvalue weighted by Crippen LogP contribution is -2.38. The number of aromatic nitrogens is 2. The molecular formula is C31H26N4O2. The molecule has 0 atom stereocenters. The topological polar surface area (TPSA) is 76.1 Å². The second-order valence-electron chi connectivity index (χ2n) is 8.41. The molecule has 1 amide bonds. The smallest absolute Gasteiger partial charge is 0.269 e. The fourth-order valence-electron chi connectivity index (χ4n) is 4.35. The fourth-order valence-corrected chi connectivity index (χ4v) is 4.35. The van der Waals surface area contributed by atoms with Crippen LogP contribution in [0.2, 0.25) is 0 Å². The molecule has 0 bridgehead atoms. The Balaban J connectivity index is 1.51. The molecule has 0 saturated carbocycles. The molecule has 2 N–H and O–H groups in total. The first kappa shape index (κ1) is 23.8. The van der Waals surface area contributed by atoms with E-state index in [2.05, 4.69) is 57.0 Å². The molecule has 0 aliphatic rings. The van der Waals surface area contributed by atoms with Crippen molar-refractivity contribution in [3.63, 3.8) is 0 Å². The second kappa shape index (κ2) is 10.7. The van der Waals surface area contributed by atoms with Gasteiger partial charge in [-0.2, -0.15) is 0 Å². The Labute approximate surface area is 216 Å². The van der Waals surface area contributed by atoms with Gasteiger partial charge in [-0.05, 0) is 34.9 Å². The molecule has 2 heterocycles. The Kier molecular flexibility index (Phi) is 6.90. The molecule has 5 rings (SSSR count). The number of nitrogens with one attached hydrogen (secondary N) is 2. The summed E-state index contributed by atoms with van der Waals surface area (Å²) in [6.07, 6.45) is 3.20. The minimum absolute atomic E-state index is 0.276. The first-order valence-corrected chi connectivity index (χ1v) is 12.0. The van der Waals surface area contributed by atoms with Crippen LogP contribution in [0.1, 0.15) is 27.2 Å². The highest BCUT2D eigenvalue weighted by Crippen LogP contribution is 2.39. The van der Waals surface area contributed by atoms with E-state index in [9.17, 15) is 4.79 Å². The van der Waals surface area contributed by atoms with E-state index in [0.29, 0.717) is 17.3 Å². The maximum Gasteiger partial charge on any atom is 0.269 e. The summed E-state index contributed by atoms with van der Waals surface area (Å²) in [5.74, 6) is 1.46. The molecule has 0 saturated heterocycles. The Hall–Kier alpha value is -4.97. The highest BCUT2D eigenvalue weighted by molar-refractivity contribution is 5.92. The zero-order chi connectivity index (χ0) is 25.5. The highest BCUT2D eigenvalue weighted by atomic mass is 16.5. The Bertz CT molecular complexity index is 1360. The third-order valence-electron chi connectivity index (χ3n) is 6.10. The van der Waals surface area contributed by atoms with E-state index in [1.54, 1.807) is 25.4 Å². The minimum Gasteiger partial charge on any atom is -0.456 e. The van der Waals surface area contributed by atoms with Crippen molar-refractivity contribution >= 4 is 11.7 Å². The highest BCUT2D eigenvalue weighted by Gasteiger charge is 2.36. The van der Waals surface area contributed by atoms with Crippen LogP contribution >= 0.6 is 0 Å². The van der Waals surface area contributed by atoms with Crippen LogP contribution in [-0.4, -0.2) is 22.9 Å². The van der Waals surface area contributed by atoms with Crippen LogP contribution in [0, 0.1) is 0 Å². The van der Waals surface area contributed by atoms with Crippen LogP contribution in [0.3, 0.4) is 0 Å². The van der Waals surface area contributed by atoms with Crippen molar-refractivity contribution < 1.29 is 9.53 Å². The maximum atomic E-state index is 11.9. The zero-order valence-electron chi connectivity index (χ0n) is 20.3. The number of carbonyl (C=O) groups is 1. The van der Waals surface area contributed by atoms with Gasteiger partial charge in [0, 0.05) is 19.3 Å². The van der Waals surface area contributed by atoms with Crippen molar-refractivity contribution in [3.8, 4) is 11.5 Å². The minimum atomic E-state index is -0.674. The molecular weight excluding hydrogens is 460 g/mol. The van der Waals surface area contributed by atoms with Crippen LogP contribution in [0.4, 0.5) is 5.82 Å². The summed E-state index contributed by atoms with van der Waals surface area (Å²) >= 11 is 0. The molecule has 3 aromatic carbocycles. The summed E-state index contributed by atoms with van der Waals surface area (Å²) in [7, 11) is 1.56. The molecule has 0 fully saturated rings. The standard InChI is InChI=1S/C31H26N4O2/c1-32-30(36)28-21-26(19-20-33-28)37-27-17-18-29(34-22-27)35-31(23-11-5-2-6-12-23,24-13-7-3-8-14-24)25-15-9-4-10-16-25/h2-22H,1H3,(H,32,36)(H,34,35). The van der Waals surface area contributed by atoms with Crippen LogP contribution in [0.5, 0.6) is 11.5 Å². The molecule has 0 aliphatic carbocycles. The summed E-state index contributed by atoms with van der Waals surface area (Å²) in [6.45, 7) is 0. The number of amides is 1. The van der Waals surface area contributed by atoms with Gasteiger partial charge in [0.05, 0.1) is 6.20 Å².